The van der Waals surface area contributed by atoms with Crippen LogP contribution in [0.1, 0.15) is 25.1 Å². The molecule has 2 heterocycles. The third kappa shape index (κ3) is 3.73. The van der Waals surface area contributed by atoms with Gasteiger partial charge in [0.25, 0.3) is 0 Å². The van der Waals surface area contributed by atoms with Crippen molar-refractivity contribution < 1.29 is 0 Å². The highest BCUT2D eigenvalue weighted by Gasteiger charge is 2.27. The van der Waals surface area contributed by atoms with Gasteiger partial charge >= 0.3 is 0 Å². The van der Waals surface area contributed by atoms with Crippen molar-refractivity contribution in [3.63, 3.8) is 0 Å². The van der Waals surface area contributed by atoms with Gasteiger partial charge in [0.05, 0.1) is 13.6 Å². The number of likely N-dealkylation sites (tertiary alicyclic amines) is 1. The molecule has 3 rings (SSSR count). The number of tetrazole rings is 1. The Bertz CT molecular complexity index is 413. The van der Waals surface area contributed by atoms with Gasteiger partial charge in [0.2, 0.25) is 0 Å². The molecule has 106 valence electrons. The van der Waals surface area contributed by atoms with E-state index in [1.165, 1.54) is 50.2 Å². The van der Waals surface area contributed by atoms with Crippen LogP contribution in [-0.4, -0.2) is 63.2 Å². The molecule has 1 aliphatic carbocycles. The van der Waals surface area contributed by atoms with Crippen LogP contribution < -0.4 is 0 Å². The van der Waals surface area contributed by atoms with Crippen LogP contribution in [0.2, 0.25) is 0 Å². The summed E-state index contributed by atoms with van der Waals surface area (Å²) in [5.74, 6) is 2.64. The molecule has 0 spiro atoms. The highest BCUT2D eigenvalue weighted by Crippen LogP contribution is 2.30. The summed E-state index contributed by atoms with van der Waals surface area (Å²) in [7, 11) is 4.08. The third-order valence-corrected chi connectivity index (χ3v) is 4.12. The molecular formula is C13H24N6. The second kappa shape index (κ2) is 5.54. The highest BCUT2D eigenvalue weighted by molar-refractivity contribution is 4.84. The predicted molar refractivity (Wildman–Crippen MR) is 72.4 cm³/mol. The van der Waals surface area contributed by atoms with Crippen LogP contribution in [0.4, 0.5) is 0 Å². The summed E-state index contributed by atoms with van der Waals surface area (Å²) in [5.41, 5.74) is 0. The van der Waals surface area contributed by atoms with Crippen molar-refractivity contribution in [3.05, 3.63) is 5.82 Å². The lowest BCUT2D eigenvalue weighted by atomic mass is 10.1. The molecule has 0 N–H and O–H groups in total. The molecule has 0 radical (unpaired) electrons. The Balaban J connectivity index is 1.41. The van der Waals surface area contributed by atoms with E-state index in [1.54, 1.807) is 0 Å². The fourth-order valence-corrected chi connectivity index (χ4v) is 3.05. The average molecular weight is 264 g/mol. The van der Waals surface area contributed by atoms with Gasteiger partial charge in [-0.25, -0.2) is 0 Å². The zero-order chi connectivity index (χ0) is 13.2. The molecule has 1 saturated heterocycles. The highest BCUT2D eigenvalue weighted by atomic mass is 15.6. The summed E-state index contributed by atoms with van der Waals surface area (Å²) in [6.45, 7) is 5.72. The van der Waals surface area contributed by atoms with Crippen LogP contribution >= 0.6 is 0 Å². The Hall–Kier alpha value is -1.01. The minimum absolute atomic E-state index is 0.806. The Morgan fingerprint density at radius 2 is 2.00 bits per heavy atom. The Labute approximate surface area is 114 Å². The fraction of sp³-hybridized carbons (Fsp3) is 0.923. The standard InChI is InChI=1S/C13H24N6/c1-17(7-11-3-4-11)8-12-5-6-19(9-12)10-13-14-16-18(2)15-13/h11-12H,3-10H2,1-2H3. The topological polar surface area (TPSA) is 50.1 Å². The normalized spacial score (nSPS) is 24.5. The van der Waals surface area contributed by atoms with Gasteiger partial charge in [-0.1, -0.05) is 0 Å². The predicted octanol–water partition coefficient (Wildman–Crippen LogP) is 0.374. The van der Waals surface area contributed by atoms with Crippen LogP contribution in [0.5, 0.6) is 0 Å². The molecular weight excluding hydrogens is 240 g/mol. The van der Waals surface area contributed by atoms with Gasteiger partial charge in [-0.05, 0) is 49.9 Å². The Morgan fingerprint density at radius 3 is 2.68 bits per heavy atom. The second-order valence-corrected chi connectivity index (χ2v) is 6.25. The van der Waals surface area contributed by atoms with Gasteiger partial charge in [-0.15, -0.1) is 10.2 Å². The van der Waals surface area contributed by atoms with E-state index in [1.807, 2.05) is 7.05 Å². The first-order chi connectivity index (χ1) is 9.19. The Morgan fingerprint density at radius 1 is 1.21 bits per heavy atom. The lowest BCUT2D eigenvalue weighted by Gasteiger charge is -2.21. The quantitative estimate of drug-likeness (QED) is 0.743. The number of nitrogens with zero attached hydrogens (tertiary/aromatic N) is 6. The number of aryl methyl sites for hydroxylation is 1. The van der Waals surface area contributed by atoms with E-state index in [0.29, 0.717) is 0 Å². The van der Waals surface area contributed by atoms with Gasteiger partial charge in [0, 0.05) is 19.6 Å². The SMILES string of the molecule is CN(CC1CC1)CC1CCN(Cc2nnn(C)n2)C1. The summed E-state index contributed by atoms with van der Waals surface area (Å²) in [6, 6.07) is 0. The molecule has 1 atom stereocenters. The lowest BCUT2D eigenvalue weighted by Crippen LogP contribution is -2.29. The number of rotatable bonds is 6. The maximum Gasteiger partial charge on any atom is 0.188 e. The maximum atomic E-state index is 4.25. The third-order valence-electron chi connectivity index (χ3n) is 4.12. The maximum absolute atomic E-state index is 4.25. The first-order valence-corrected chi connectivity index (χ1v) is 7.33. The van der Waals surface area contributed by atoms with Gasteiger partial charge in [0.15, 0.2) is 5.82 Å². The van der Waals surface area contributed by atoms with Crippen molar-refractivity contribution >= 4 is 0 Å². The monoisotopic (exact) mass is 264 g/mol. The first-order valence-electron chi connectivity index (χ1n) is 7.33. The van der Waals surface area contributed by atoms with E-state index >= 15 is 0 Å². The molecule has 1 aliphatic heterocycles. The fourth-order valence-electron chi connectivity index (χ4n) is 3.05. The molecule has 0 bridgehead atoms. The van der Waals surface area contributed by atoms with Gasteiger partial charge < -0.3 is 4.90 Å². The Kier molecular flexibility index (Phi) is 3.79. The second-order valence-electron chi connectivity index (χ2n) is 6.25. The van der Waals surface area contributed by atoms with E-state index in [4.69, 9.17) is 0 Å². The van der Waals surface area contributed by atoms with Crippen molar-refractivity contribution in [3.8, 4) is 0 Å². The van der Waals surface area contributed by atoms with Crippen LogP contribution in [-0.2, 0) is 13.6 Å². The summed E-state index contributed by atoms with van der Waals surface area (Å²) in [4.78, 5) is 6.51. The lowest BCUT2D eigenvalue weighted by molar-refractivity contribution is 0.251. The number of hydrogen-bond donors (Lipinski definition) is 0. The summed E-state index contributed by atoms with van der Waals surface area (Å²) in [5, 5.41) is 12.2. The average Bonchev–Trinajstić information content (AvgIpc) is 2.90. The minimum Gasteiger partial charge on any atom is -0.306 e. The van der Waals surface area contributed by atoms with Gasteiger partial charge in [-0.2, -0.15) is 4.80 Å². The summed E-state index contributed by atoms with van der Waals surface area (Å²) >= 11 is 0. The molecule has 19 heavy (non-hydrogen) atoms. The number of hydrogen-bond acceptors (Lipinski definition) is 5. The van der Waals surface area contributed by atoms with E-state index in [0.717, 1.165) is 24.2 Å². The van der Waals surface area contributed by atoms with Crippen LogP contribution in [0.3, 0.4) is 0 Å². The zero-order valence-electron chi connectivity index (χ0n) is 12.0. The smallest absolute Gasteiger partial charge is 0.188 e. The van der Waals surface area contributed by atoms with Crippen molar-refractivity contribution in [2.75, 3.05) is 33.2 Å². The van der Waals surface area contributed by atoms with Gasteiger partial charge in [-0.3, -0.25) is 4.90 Å². The first kappa shape index (κ1) is 13.0. The van der Waals surface area contributed by atoms with E-state index in [2.05, 4.69) is 32.3 Å². The van der Waals surface area contributed by atoms with Gasteiger partial charge in [0.1, 0.15) is 0 Å². The summed E-state index contributed by atoms with van der Waals surface area (Å²) < 4.78 is 0. The molecule has 2 aliphatic rings. The molecule has 0 amide bonds. The molecule has 1 aromatic heterocycles. The molecule has 2 fully saturated rings. The van der Waals surface area contributed by atoms with Crippen molar-refractivity contribution in [1.29, 1.82) is 0 Å². The molecule has 1 saturated carbocycles. The number of aromatic nitrogens is 4. The minimum atomic E-state index is 0.806. The van der Waals surface area contributed by atoms with Crippen LogP contribution in [0, 0.1) is 11.8 Å². The zero-order valence-corrected chi connectivity index (χ0v) is 12.0. The summed E-state index contributed by atoms with van der Waals surface area (Å²) in [6.07, 6.45) is 4.19. The van der Waals surface area contributed by atoms with Crippen LogP contribution in [0.25, 0.3) is 0 Å². The molecule has 6 heteroatoms. The van der Waals surface area contributed by atoms with Crippen molar-refractivity contribution in [2.24, 2.45) is 18.9 Å². The molecule has 0 aromatic carbocycles. The largest absolute Gasteiger partial charge is 0.306 e. The van der Waals surface area contributed by atoms with E-state index < -0.39 is 0 Å². The van der Waals surface area contributed by atoms with E-state index in [-0.39, 0.29) is 0 Å². The van der Waals surface area contributed by atoms with E-state index in [9.17, 15) is 0 Å². The molecule has 1 unspecified atom stereocenters. The molecule has 6 nitrogen and oxygen atoms in total. The van der Waals surface area contributed by atoms with Crippen molar-refractivity contribution in [1.82, 2.24) is 30.0 Å². The van der Waals surface area contributed by atoms with Crippen LogP contribution in [0.15, 0.2) is 0 Å². The molecule has 1 aromatic rings. The van der Waals surface area contributed by atoms with Crippen molar-refractivity contribution in [2.45, 2.75) is 25.8 Å².